The minimum atomic E-state index is -1.12. The zero-order valence-corrected chi connectivity index (χ0v) is 10.5. The van der Waals surface area contributed by atoms with Crippen molar-refractivity contribution < 1.29 is 19.6 Å². The number of aromatic nitrogens is 2. The lowest BCUT2D eigenvalue weighted by Gasteiger charge is -2.39. The maximum absolute atomic E-state index is 12.0. The molecule has 1 aromatic rings. The number of amides is 1. The van der Waals surface area contributed by atoms with Crippen molar-refractivity contribution in [3.8, 4) is 0 Å². The maximum Gasteiger partial charge on any atom is 0.228 e. The Morgan fingerprint density at radius 2 is 2.33 bits per heavy atom. The molecule has 0 aliphatic carbocycles. The largest absolute Gasteiger partial charge is 0.388 e. The number of aryl methyl sites for hydroxylation is 1. The third-order valence-electron chi connectivity index (χ3n) is 3.42. The average Bonchev–Trinajstić information content (AvgIpc) is 2.68. The molecule has 1 aromatic heterocycles. The fourth-order valence-electron chi connectivity index (χ4n) is 1.92. The fraction of sp³-hybridized carbons (Fsp3) is 0.727. The van der Waals surface area contributed by atoms with Gasteiger partial charge in [-0.3, -0.25) is 4.79 Å². The number of rotatable bonds is 2. The van der Waals surface area contributed by atoms with Crippen molar-refractivity contribution >= 4 is 5.91 Å². The highest BCUT2D eigenvalue weighted by atomic mass is 16.6. The Hall–Kier alpha value is -1.47. The molecule has 100 valence electrons. The summed E-state index contributed by atoms with van der Waals surface area (Å²) in [6.45, 7) is 3.85. The first-order valence-electron chi connectivity index (χ1n) is 5.86. The minimum absolute atomic E-state index is 0.101. The van der Waals surface area contributed by atoms with E-state index in [0.29, 0.717) is 24.4 Å². The molecule has 0 aromatic carbocycles. The molecule has 1 aliphatic heterocycles. The molecular weight excluding hydrogens is 238 g/mol. The lowest BCUT2D eigenvalue weighted by molar-refractivity contribution is -0.145. The fourth-order valence-corrected chi connectivity index (χ4v) is 1.92. The van der Waals surface area contributed by atoms with Crippen molar-refractivity contribution in [2.45, 2.75) is 38.4 Å². The summed E-state index contributed by atoms with van der Waals surface area (Å²) in [5.41, 5.74) is -0.0259. The van der Waals surface area contributed by atoms with E-state index in [4.69, 9.17) is 0 Å². The molecule has 18 heavy (non-hydrogen) atoms. The molecule has 0 saturated carbocycles. The van der Waals surface area contributed by atoms with Gasteiger partial charge in [0.2, 0.25) is 5.91 Å². The second-order valence-electron chi connectivity index (χ2n) is 4.94. The van der Waals surface area contributed by atoms with Gasteiger partial charge >= 0.3 is 0 Å². The van der Waals surface area contributed by atoms with E-state index >= 15 is 0 Å². The van der Waals surface area contributed by atoms with Gasteiger partial charge in [0.15, 0.2) is 0 Å². The van der Waals surface area contributed by atoms with Crippen LogP contribution in [0.25, 0.3) is 0 Å². The molecule has 1 amide bonds. The van der Waals surface area contributed by atoms with Gasteiger partial charge in [-0.05, 0) is 20.3 Å². The van der Waals surface area contributed by atoms with Crippen molar-refractivity contribution in [3.63, 3.8) is 0 Å². The number of aliphatic hydroxyl groups excluding tert-OH is 1. The normalized spacial score (nSPS) is 28.4. The summed E-state index contributed by atoms with van der Waals surface area (Å²) in [4.78, 5) is 13.5. The van der Waals surface area contributed by atoms with Gasteiger partial charge in [0.1, 0.15) is 11.4 Å². The summed E-state index contributed by atoms with van der Waals surface area (Å²) >= 11 is 0. The number of β-amino-alcohol motifs (C(OH)–C–C–N with tert-alkyl or cyclic N) is 1. The van der Waals surface area contributed by atoms with Crippen LogP contribution in [0.15, 0.2) is 4.63 Å². The third kappa shape index (κ3) is 2.51. The van der Waals surface area contributed by atoms with Crippen LogP contribution in [0, 0.1) is 6.92 Å². The predicted molar refractivity (Wildman–Crippen MR) is 60.6 cm³/mol. The third-order valence-corrected chi connectivity index (χ3v) is 3.42. The Balaban J connectivity index is 1.97. The van der Waals surface area contributed by atoms with Gasteiger partial charge in [-0.15, -0.1) is 0 Å². The zero-order valence-electron chi connectivity index (χ0n) is 10.5. The molecule has 2 N–H and O–H groups in total. The first-order chi connectivity index (χ1) is 8.40. The lowest BCUT2D eigenvalue weighted by Crippen LogP contribution is -2.55. The monoisotopic (exact) mass is 255 g/mol. The highest BCUT2D eigenvalue weighted by molar-refractivity contribution is 5.78. The number of carbonyl (C=O) groups excluding carboxylic acids is 1. The van der Waals surface area contributed by atoms with Crippen LogP contribution in [0.2, 0.25) is 0 Å². The first-order valence-corrected chi connectivity index (χ1v) is 5.86. The maximum atomic E-state index is 12.0. The summed E-state index contributed by atoms with van der Waals surface area (Å²) in [5.74, 6) is -0.150. The topological polar surface area (TPSA) is 99.7 Å². The van der Waals surface area contributed by atoms with Crippen molar-refractivity contribution in [2.24, 2.45) is 0 Å². The molecule has 1 aliphatic rings. The lowest BCUT2D eigenvalue weighted by atomic mass is 9.90. The van der Waals surface area contributed by atoms with Gasteiger partial charge < -0.3 is 15.1 Å². The average molecular weight is 255 g/mol. The summed E-state index contributed by atoms with van der Waals surface area (Å²) in [6, 6.07) is 0. The second kappa shape index (κ2) is 4.66. The Bertz CT molecular complexity index is 443. The highest BCUT2D eigenvalue weighted by Gasteiger charge is 2.37. The predicted octanol–water partition coefficient (Wildman–Crippen LogP) is -0.735. The molecule has 2 atom stereocenters. The van der Waals surface area contributed by atoms with Crippen molar-refractivity contribution in [2.75, 3.05) is 13.1 Å². The van der Waals surface area contributed by atoms with E-state index in [0.717, 1.165) is 0 Å². The smallest absolute Gasteiger partial charge is 0.228 e. The van der Waals surface area contributed by atoms with Gasteiger partial charge in [0.05, 0.1) is 18.1 Å². The molecular formula is C11H17N3O4. The van der Waals surface area contributed by atoms with Crippen LogP contribution in [0.3, 0.4) is 0 Å². The molecule has 2 heterocycles. The van der Waals surface area contributed by atoms with E-state index in [2.05, 4.69) is 14.9 Å². The quantitative estimate of drug-likeness (QED) is 0.722. The molecule has 1 saturated heterocycles. The standard InChI is InChI=1S/C11H17N3O4/c1-7-8(13-18-12-7)5-10(16)14-4-3-11(2,17)9(15)6-14/h9,15,17H,3-6H2,1-2H3/t9-,11-/m0/s1. The van der Waals surface area contributed by atoms with Crippen LogP contribution in [-0.4, -0.2) is 56.1 Å². The molecule has 0 spiro atoms. The minimum Gasteiger partial charge on any atom is -0.388 e. The Morgan fingerprint density at radius 3 is 2.89 bits per heavy atom. The van der Waals surface area contributed by atoms with Crippen molar-refractivity contribution in [1.82, 2.24) is 15.2 Å². The molecule has 0 radical (unpaired) electrons. The van der Waals surface area contributed by atoms with Crippen LogP contribution >= 0.6 is 0 Å². The van der Waals surface area contributed by atoms with E-state index < -0.39 is 11.7 Å². The van der Waals surface area contributed by atoms with E-state index in [1.54, 1.807) is 13.8 Å². The number of nitrogens with zero attached hydrogens (tertiary/aromatic N) is 3. The molecule has 7 heteroatoms. The van der Waals surface area contributed by atoms with E-state index in [1.165, 1.54) is 4.90 Å². The summed E-state index contributed by atoms with van der Waals surface area (Å²) in [7, 11) is 0. The van der Waals surface area contributed by atoms with Crippen LogP contribution in [-0.2, 0) is 11.2 Å². The van der Waals surface area contributed by atoms with Crippen LogP contribution < -0.4 is 0 Å². The molecule has 1 fully saturated rings. The van der Waals surface area contributed by atoms with E-state index in [-0.39, 0.29) is 18.9 Å². The first kappa shape index (κ1) is 13.0. The number of aliphatic hydroxyl groups is 2. The second-order valence-corrected chi connectivity index (χ2v) is 4.94. The van der Waals surface area contributed by atoms with Crippen LogP contribution in [0.5, 0.6) is 0 Å². The molecule has 7 nitrogen and oxygen atoms in total. The number of hydrogen-bond acceptors (Lipinski definition) is 6. The summed E-state index contributed by atoms with van der Waals surface area (Å²) in [6.07, 6.45) is -0.466. The highest BCUT2D eigenvalue weighted by Crippen LogP contribution is 2.22. The van der Waals surface area contributed by atoms with E-state index in [9.17, 15) is 15.0 Å². The van der Waals surface area contributed by atoms with Crippen molar-refractivity contribution in [1.29, 1.82) is 0 Å². The Morgan fingerprint density at radius 1 is 1.61 bits per heavy atom. The Labute approximate surface area is 104 Å². The van der Waals surface area contributed by atoms with Gasteiger partial charge in [0.25, 0.3) is 0 Å². The van der Waals surface area contributed by atoms with Crippen LogP contribution in [0.1, 0.15) is 24.7 Å². The van der Waals surface area contributed by atoms with Gasteiger partial charge in [0, 0.05) is 13.1 Å². The van der Waals surface area contributed by atoms with Gasteiger partial charge in [-0.2, -0.15) is 0 Å². The summed E-state index contributed by atoms with van der Waals surface area (Å²) < 4.78 is 4.53. The Kier molecular flexibility index (Phi) is 3.36. The number of likely N-dealkylation sites (tertiary alicyclic amines) is 1. The number of carbonyl (C=O) groups is 1. The van der Waals surface area contributed by atoms with E-state index in [1.807, 2.05) is 0 Å². The zero-order chi connectivity index (χ0) is 13.3. The molecule has 0 unspecified atom stereocenters. The van der Waals surface area contributed by atoms with Crippen LogP contribution in [0.4, 0.5) is 0 Å². The molecule has 2 rings (SSSR count). The van der Waals surface area contributed by atoms with Gasteiger partial charge in [-0.1, -0.05) is 10.3 Å². The van der Waals surface area contributed by atoms with Gasteiger partial charge in [-0.25, -0.2) is 4.63 Å². The molecule has 0 bridgehead atoms. The van der Waals surface area contributed by atoms with Crippen molar-refractivity contribution in [3.05, 3.63) is 11.4 Å². The SMILES string of the molecule is Cc1nonc1CC(=O)N1CC[C@](C)(O)[C@@H](O)C1. The number of hydrogen-bond donors (Lipinski definition) is 2. The summed E-state index contributed by atoms with van der Waals surface area (Å²) in [5, 5.41) is 26.8. The number of piperidine rings is 1.